The van der Waals surface area contributed by atoms with Crippen molar-refractivity contribution in [3.63, 3.8) is 0 Å². The average Bonchev–Trinajstić information content (AvgIpc) is 2.47. The summed E-state index contributed by atoms with van der Waals surface area (Å²) in [5.41, 5.74) is 1.88. The molecule has 0 spiro atoms. The van der Waals surface area contributed by atoms with Gasteiger partial charge in [-0.15, -0.1) is 0 Å². The van der Waals surface area contributed by atoms with Gasteiger partial charge in [0, 0.05) is 11.1 Å². The normalized spacial score (nSPS) is 12.0. The van der Waals surface area contributed by atoms with E-state index in [0.29, 0.717) is 17.4 Å². The topological polar surface area (TPSA) is 21.3 Å². The number of benzene rings is 2. The average molecular weight is 308 g/mol. The lowest BCUT2D eigenvalue weighted by Crippen LogP contribution is -2.11. The summed E-state index contributed by atoms with van der Waals surface area (Å²) in [4.78, 5) is 0. The van der Waals surface area contributed by atoms with Gasteiger partial charge in [0.15, 0.2) is 0 Å². The fourth-order valence-corrected chi connectivity index (χ4v) is 2.42. The summed E-state index contributed by atoms with van der Waals surface area (Å²) in [6.07, 6.45) is 0.878. The first-order valence-electron chi connectivity index (χ1n) is 7.08. The van der Waals surface area contributed by atoms with Gasteiger partial charge in [0.1, 0.15) is 11.6 Å². The first-order valence-corrected chi connectivity index (χ1v) is 7.46. The molecule has 0 saturated heterocycles. The Kier molecular flexibility index (Phi) is 5.45. The van der Waals surface area contributed by atoms with Crippen LogP contribution >= 0.6 is 11.6 Å². The molecule has 0 heterocycles. The van der Waals surface area contributed by atoms with E-state index in [2.05, 4.69) is 12.2 Å². The van der Waals surface area contributed by atoms with Gasteiger partial charge in [-0.2, -0.15) is 0 Å². The molecule has 0 aromatic heterocycles. The first-order chi connectivity index (χ1) is 10.1. The van der Waals surface area contributed by atoms with Crippen LogP contribution in [0.3, 0.4) is 0 Å². The molecule has 0 fully saturated rings. The van der Waals surface area contributed by atoms with E-state index >= 15 is 0 Å². The van der Waals surface area contributed by atoms with E-state index in [-0.39, 0.29) is 11.9 Å². The number of rotatable bonds is 6. The van der Waals surface area contributed by atoms with E-state index in [1.54, 1.807) is 6.07 Å². The van der Waals surface area contributed by atoms with Crippen LogP contribution in [0, 0.1) is 5.82 Å². The van der Waals surface area contributed by atoms with E-state index in [4.69, 9.17) is 16.3 Å². The Bertz CT molecular complexity index is 603. The van der Waals surface area contributed by atoms with E-state index in [9.17, 15) is 4.39 Å². The van der Waals surface area contributed by atoms with Gasteiger partial charge in [-0.05, 0) is 43.2 Å². The lowest BCUT2D eigenvalue weighted by Gasteiger charge is -2.21. The molecule has 21 heavy (non-hydrogen) atoms. The fraction of sp³-hybridized carbons (Fsp3) is 0.294. The van der Waals surface area contributed by atoms with Gasteiger partial charge in [-0.25, -0.2) is 4.39 Å². The molecule has 2 aromatic carbocycles. The molecule has 0 saturated carbocycles. The monoisotopic (exact) mass is 307 g/mol. The fourth-order valence-electron chi connectivity index (χ4n) is 2.22. The minimum atomic E-state index is -0.306. The molecule has 1 unspecified atom stereocenters. The van der Waals surface area contributed by atoms with Gasteiger partial charge in [0.05, 0.1) is 18.3 Å². The van der Waals surface area contributed by atoms with Crippen LogP contribution in [0.25, 0.3) is 0 Å². The van der Waals surface area contributed by atoms with Crippen molar-refractivity contribution in [1.82, 2.24) is 0 Å². The van der Waals surface area contributed by atoms with Gasteiger partial charge in [-0.3, -0.25) is 0 Å². The molecular formula is C17H19ClFNO. The van der Waals surface area contributed by atoms with Crippen molar-refractivity contribution in [3.8, 4) is 5.75 Å². The maximum Gasteiger partial charge on any atom is 0.145 e. The van der Waals surface area contributed by atoms with Crippen LogP contribution in [0.1, 0.15) is 31.9 Å². The number of hydrogen-bond donors (Lipinski definition) is 1. The lowest BCUT2D eigenvalue weighted by molar-refractivity contribution is 0.339. The summed E-state index contributed by atoms with van der Waals surface area (Å²) in [5.74, 6) is 0.220. The second kappa shape index (κ2) is 7.32. The first kappa shape index (κ1) is 15.6. The molecule has 0 radical (unpaired) electrons. The molecule has 1 atom stereocenters. The predicted octanol–water partition coefficient (Wildman–Crippen LogP) is 5.44. The van der Waals surface area contributed by atoms with E-state index in [1.807, 2.05) is 31.2 Å². The van der Waals surface area contributed by atoms with E-state index in [0.717, 1.165) is 17.7 Å². The third-order valence-electron chi connectivity index (χ3n) is 3.23. The van der Waals surface area contributed by atoms with Gasteiger partial charge >= 0.3 is 0 Å². The van der Waals surface area contributed by atoms with Crippen LogP contribution in [-0.2, 0) is 0 Å². The van der Waals surface area contributed by atoms with Crippen molar-refractivity contribution in [2.45, 2.75) is 26.3 Å². The summed E-state index contributed by atoms with van der Waals surface area (Å²) in [5, 5.41) is 4.11. The Morgan fingerprint density at radius 3 is 2.67 bits per heavy atom. The van der Waals surface area contributed by atoms with E-state index < -0.39 is 0 Å². The smallest absolute Gasteiger partial charge is 0.145 e. The van der Waals surface area contributed by atoms with Crippen LogP contribution in [0.15, 0.2) is 42.5 Å². The van der Waals surface area contributed by atoms with Crippen LogP contribution in [0.5, 0.6) is 5.75 Å². The van der Waals surface area contributed by atoms with Crippen molar-refractivity contribution >= 4 is 17.3 Å². The lowest BCUT2D eigenvalue weighted by atomic mass is 10.0. The van der Waals surface area contributed by atoms with Crippen molar-refractivity contribution in [2.24, 2.45) is 0 Å². The summed E-state index contributed by atoms with van der Waals surface area (Å²) in [7, 11) is 0. The zero-order valence-electron chi connectivity index (χ0n) is 12.2. The minimum absolute atomic E-state index is 0.0911. The third-order valence-corrected chi connectivity index (χ3v) is 3.47. The molecule has 0 aliphatic heterocycles. The summed E-state index contributed by atoms with van der Waals surface area (Å²) >= 11 is 6.05. The molecule has 112 valence electrons. The summed E-state index contributed by atoms with van der Waals surface area (Å²) < 4.78 is 18.8. The highest BCUT2D eigenvalue weighted by atomic mass is 35.5. The highest BCUT2D eigenvalue weighted by molar-refractivity contribution is 6.30. The molecule has 0 amide bonds. The number of hydrogen-bond acceptors (Lipinski definition) is 2. The molecule has 2 aromatic rings. The maximum atomic E-state index is 13.3. The number of halogens is 2. The molecular weight excluding hydrogens is 289 g/mol. The van der Waals surface area contributed by atoms with Gasteiger partial charge < -0.3 is 10.1 Å². The zero-order valence-corrected chi connectivity index (χ0v) is 13.0. The molecule has 0 aliphatic carbocycles. The largest absolute Gasteiger partial charge is 0.492 e. The van der Waals surface area contributed by atoms with Crippen LogP contribution in [0.4, 0.5) is 10.1 Å². The molecule has 0 aliphatic rings. The minimum Gasteiger partial charge on any atom is -0.492 e. The molecule has 0 bridgehead atoms. The highest BCUT2D eigenvalue weighted by Crippen LogP contribution is 2.31. The van der Waals surface area contributed by atoms with Gasteiger partial charge in [0.25, 0.3) is 0 Å². The van der Waals surface area contributed by atoms with Crippen molar-refractivity contribution in [1.29, 1.82) is 0 Å². The summed E-state index contributed by atoms with van der Waals surface area (Å²) in [6.45, 7) is 4.46. The summed E-state index contributed by atoms with van der Waals surface area (Å²) in [6, 6.07) is 12.4. The number of nitrogens with one attached hydrogen (secondary N) is 1. The Morgan fingerprint density at radius 2 is 2.00 bits per heavy atom. The Hall–Kier alpha value is -1.74. The second-order valence-corrected chi connectivity index (χ2v) is 5.17. The van der Waals surface area contributed by atoms with Crippen LogP contribution < -0.4 is 10.1 Å². The number of ether oxygens (including phenoxy) is 1. The van der Waals surface area contributed by atoms with E-state index in [1.165, 1.54) is 12.1 Å². The quantitative estimate of drug-likeness (QED) is 0.767. The second-order valence-electron chi connectivity index (χ2n) is 4.73. The SMILES string of the molecule is CCOc1cc(F)ccc1NC(CC)c1cccc(Cl)c1. The van der Waals surface area contributed by atoms with Crippen LogP contribution in [-0.4, -0.2) is 6.61 Å². The Labute approximate surface area is 129 Å². The Morgan fingerprint density at radius 1 is 1.19 bits per heavy atom. The molecule has 1 N–H and O–H groups in total. The van der Waals surface area contributed by atoms with Crippen molar-refractivity contribution < 1.29 is 9.13 Å². The van der Waals surface area contributed by atoms with Gasteiger partial charge in [0.2, 0.25) is 0 Å². The van der Waals surface area contributed by atoms with Crippen molar-refractivity contribution in [3.05, 3.63) is 58.9 Å². The molecule has 4 heteroatoms. The molecule has 2 rings (SSSR count). The molecule has 2 nitrogen and oxygen atoms in total. The van der Waals surface area contributed by atoms with Crippen LogP contribution in [0.2, 0.25) is 5.02 Å². The predicted molar refractivity (Wildman–Crippen MR) is 85.7 cm³/mol. The highest BCUT2D eigenvalue weighted by Gasteiger charge is 2.13. The van der Waals surface area contributed by atoms with Crippen molar-refractivity contribution in [2.75, 3.05) is 11.9 Å². The standard InChI is InChI=1S/C17H19ClFNO/c1-3-15(12-6-5-7-13(18)10-12)20-16-9-8-14(19)11-17(16)21-4-2/h5-11,15,20H,3-4H2,1-2H3. The van der Waals surface area contributed by atoms with Gasteiger partial charge in [-0.1, -0.05) is 30.7 Å². The number of anilines is 1. The third kappa shape index (κ3) is 4.11. The zero-order chi connectivity index (χ0) is 15.2. The maximum absolute atomic E-state index is 13.3. The Balaban J connectivity index is 2.26.